The van der Waals surface area contributed by atoms with Crippen molar-refractivity contribution in [3.05, 3.63) is 40.9 Å². The standard InChI is InChI=1S/C15H12ClNO4/c16-12-7-8(5-6-11(12)15(20)21)17-13(18)9-3-1-2-4-10(9)14(17)19/h1-2,5-7,9-10H,3-4H2,(H,20,21)/t9-,10-/m1/s1. The van der Waals surface area contributed by atoms with Crippen molar-refractivity contribution < 1.29 is 19.5 Å². The Morgan fingerprint density at radius 1 is 1.14 bits per heavy atom. The van der Waals surface area contributed by atoms with Crippen molar-refractivity contribution in [2.24, 2.45) is 11.8 Å². The number of imide groups is 1. The van der Waals surface area contributed by atoms with Gasteiger partial charge in [-0.1, -0.05) is 23.8 Å². The van der Waals surface area contributed by atoms with E-state index in [0.29, 0.717) is 18.5 Å². The number of carboxylic acids is 1. The van der Waals surface area contributed by atoms with Gasteiger partial charge in [-0.2, -0.15) is 0 Å². The van der Waals surface area contributed by atoms with Gasteiger partial charge in [-0.25, -0.2) is 9.69 Å². The minimum Gasteiger partial charge on any atom is -0.478 e. The Morgan fingerprint density at radius 2 is 1.71 bits per heavy atom. The molecule has 0 saturated carbocycles. The number of nitrogens with zero attached hydrogens (tertiary/aromatic N) is 1. The summed E-state index contributed by atoms with van der Waals surface area (Å²) in [6.07, 6.45) is 4.95. The third-order valence-electron chi connectivity index (χ3n) is 3.95. The molecule has 108 valence electrons. The maximum absolute atomic E-state index is 12.4. The van der Waals surface area contributed by atoms with Crippen molar-refractivity contribution in [3.8, 4) is 0 Å². The molecule has 2 amide bonds. The van der Waals surface area contributed by atoms with Gasteiger partial charge in [0.25, 0.3) is 0 Å². The minimum absolute atomic E-state index is 0.00796. The van der Waals surface area contributed by atoms with Crippen LogP contribution in [0.25, 0.3) is 0 Å². The molecular weight excluding hydrogens is 294 g/mol. The fourth-order valence-electron chi connectivity index (χ4n) is 2.87. The maximum atomic E-state index is 12.4. The number of amides is 2. The number of carbonyl (C=O) groups is 3. The average molecular weight is 306 g/mol. The molecule has 1 saturated heterocycles. The SMILES string of the molecule is O=C(O)c1ccc(N2C(=O)[C@@H]3CC=CC[C@H]3C2=O)cc1Cl. The van der Waals surface area contributed by atoms with Crippen LogP contribution < -0.4 is 4.90 Å². The van der Waals surface area contributed by atoms with Gasteiger partial charge in [-0.15, -0.1) is 0 Å². The molecule has 3 rings (SSSR count). The highest BCUT2D eigenvalue weighted by atomic mass is 35.5. The van der Waals surface area contributed by atoms with E-state index in [0.717, 1.165) is 4.90 Å². The Balaban J connectivity index is 1.98. The Bertz CT molecular complexity index is 656. The van der Waals surface area contributed by atoms with E-state index in [4.69, 9.17) is 16.7 Å². The summed E-state index contributed by atoms with van der Waals surface area (Å²) in [5, 5.41) is 8.96. The predicted octanol–water partition coefficient (Wildman–Crippen LogP) is 2.49. The third-order valence-corrected chi connectivity index (χ3v) is 4.26. The number of fused-ring (bicyclic) bond motifs is 1. The number of carboxylic acid groups (broad SMARTS) is 1. The smallest absolute Gasteiger partial charge is 0.337 e. The number of halogens is 1. The number of hydrogen-bond donors (Lipinski definition) is 1. The minimum atomic E-state index is -1.15. The highest BCUT2D eigenvalue weighted by Crippen LogP contribution is 2.38. The molecule has 21 heavy (non-hydrogen) atoms. The van der Waals surface area contributed by atoms with Crippen molar-refractivity contribution in [1.29, 1.82) is 0 Å². The molecular formula is C15H12ClNO4. The van der Waals surface area contributed by atoms with E-state index in [9.17, 15) is 14.4 Å². The lowest BCUT2D eigenvalue weighted by Crippen LogP contribution is -2.30. The summed E-state index contributed by atoms with van der Waals surface area (Å²) in [4.78, 5) is 36.9. The fraction of sp³-hybridized carbons (Fsp3) is 0.267. The van der Waals surface area contributed by atoms with Crippen LogP contribution in [0.2, 0.25) is 5.02 Å². The first-order valence-electron chi connectivity index (χ1n) is 6.56. The lowest BCUT2D eigenvalue weighted by molar-refractivity contribution is -0.122. The summed E-state index contributed by atoms with van der Waals surface area (Å²) in [5.41, 5.74) is 0.271. The molecule has 6 heteroatoms. The van der Waals surface area contributed by atoms with Crippen LogP contribution in [-0.4, -0.2) is 22.9 Å². The second-order valence-electron chi connectivity index (χ2n) is 5.14. The van der Waals surface area contributed by atoms with Gasteiger partial charge in [0.15, 0.2) is 0 Å². The first-order chi connectivity index (χ1) is 10.0. The van der Waals surface area contributed by atoms with Crippen molar-refractivity contribution in [3.63, 3.8) is 0 Å². The highest BCUT2D eigenvalue weighted by molar-refractivity contribution is 6.34. The number of aromatic carboxylic acids is 1. The van der Waals surface area contributed by atoms with E-state index in [1.54, 1.807) is 0 Å². The van der Waals surface area contributed by atoms with E-state index in [1.807, 2.05) is 12.2 Å². The van der Waals surface area contributed by atoms with Crippen LogP contribution in [0.15, 0.2) is 30.4 Å². The zero-order valence-electron chi connectivity index (χ0n) is 11.0. The van der Waals surface area contributed by atoms with Crippen LogP contribution in [0.3, 0.4) is 0 Å². The number of rotatable bonds is 2. The maximum Gasteiger partial charge on any atom is 0.337 e. The zero-order valence-corrected chi connectivity index (χ0v) is 11.7. The van der Waals surface area contributed by atoms with Gasteiger partial charge >= 0.3 is 5.97 Å². The molecule has 0 aromatic heterocycles. The molecule has 1 fully saturated rings. The van der Waals surface area contributed by atoms with E-state index in [-0.39, 0.29) is 34.2 Å². The number of allylic oxidation sites excluding steroid dienone is 2. The summed E-state index contributed by atoms with van der Waals surface area (Å²) in [6.45, 7) is 0. The summed E-state index contributed by atoms with van der Waals surface area (Å²) in [5.74, 6) is -2.27. The van der Waals surface area contributed by atoms with Gasteiger partial charge in [0.05, 0.1) is 28.1 Å². The number of benzene rings is 1. The molecule has 0 radical (unpaired) electrons. The molecule has 1 aromatic carbocycles. The molecule has 2 aliphatic rings. The van der Waals surface area contributed by atoms with Gasteiger partial charge in [0.1, 0.15) is 0 Å². The van der Waals surface area contributed by atoms with Crippen LogP contribution in [0.5, 0.6) is 0 Å². The summed E-state index contributed by atoms with van der Waals surface area (Å²) >= 11 is 5.91. The van der Waals surface area contributed by atoms with Crippen LogP contribution in [0, 0.1) is 11.8 Å². The molecule has 1 aliphatic heterocycles. The fourth-order valence-corrected chi connectivity index (χ4v) is 3.13. The van der Waals surface area contributed by atoms with Crippen LogP contribution in [0.4, 0.5) is 5.69 Å². The van der Waals surface area contributed by atoms with Crippen molar-refractivity contribution >= 4 is 35.1 Å². The Morgan fingerprint density at radius 3 is 2.19 bits per heavy atom. The van der Waals surface area contributed by atoms with Crippen LogP contribution in [-0.2, 0) is 9.59 Å². The summed E-state index contributed by atoms with van der Waals surface area (Å²) < 4.78 is 0. The van der Waals surface area contributed by atoms with E-state index < -0.39 is 5.97 Å². The molecule has 0 unspecified atom stereocenters. The molecule has 2 atom stereocenters. The Hall–Kier alpha value is -2.14. The quantitative estimate of drug-likeness (QED) is 0.673. The van der Waals surface area contributed by atoms with Gasteiger partial charge in [0.2, 0.25) is 11.8 Å². The summed E-state index contributed by atoms with van der Waals surface area (Å²) in [7, 11) is 0. The molecule has 1 aliphatic carbocycles. The van der Waals surface area contributed by atoms with Gasteiger partial charge in [0, 0.05) is 0 Å². The highest BCUT2D eigenvalue weighted by Gasteiger charge is 2.47. The second-order valence-corrected chi connectivity index (χ2v) is 5.54. The summed E-state index contributed by atoms with van der Waals surface area (Å²) in [6, 6.07) is 4.10. The Kier molecular flexibility index (Phi) is 3.29. The number of hydrogen-bond acceptors (Lipinski definition) is 3. The molecule has 1 aromatic rings. The van der Waals surface area contributed by atoms with E-state index >= 15 is 0 Å². The predicted molar refractivity (Wildman–Crippen MR) is 76.3 cm³/mol. The number of carbonyl (C=O) groups excluding carboxylic acids is 2. The second kappa shape index (κ2) is 5.00. The van der Waals surface area contributed by atoms with Crippen LogP contribution in [0.1, 0.15) is 23.2 Å². The largest absolute Gasteiger partial charge is 0.478 e. The van der Waals surface area contributed by atoms with Crippen molar-refractivity contribution in [2.45, 2.75) is 12.8 Å². The van der Waals surface area contributed by atoms with Crippen molar-refractivity contribution in [1.82, 2.24) is 0 Å². The molecule has 0 spiro atoms. The lowest BCUT2D eigenvalue weighted by Gasteiger charge is -2.15. The normalized spacial score (nSPS) is 24.3. The monoisotopic (exact) mass is 305 g/mol. The van der Waals surface area contributed by atoms with E-state index in [2.05, 4.69) is 0 Å². The van der Waals surface area contributed by atoms with Crippen LogP contribution >= 0.6 is 11.6 Å². The van der Waals surface area contributed by atoms with Crippen molar-refractivity contribution in [2.75, 3.05) is 4.90 Å². The third kappa shape index (κ3) is 2.14. The lowest BCUT2D eigenvalue weighted by atomic mass is 9.85. The van der Waals surface area contributed by atoms with E-state index in [1.165, 1.54) is 18.2 Å². The van der Waals surface area contributed by atoms with Gasteiger partial charge < -0.3 is 5.11 Å². The van der Waals surface area contributed by atoms with Gasteiger partial charge in [-0.05, 0) is 31.0 Å². The number of anilines is 1. The molecule has 0 bridgehead atoms. The topological polar surface area (TPSA) is 74.7 Å². The average Bonchev–Trinajstić information content (AvgIpc) is 2.71. The van der Waals surface area contributed by atoms with Gasteiger partial charge in [-0.3, -0.25) is 9.59 Å². The first-order valence-corrected chi connectivity index (χ1v) is 6.94. The molecule has 1 N–H and O–H groups in total. The zero-order chi connectivity index (χ0) is 15.1. The first kappa shape index (κ1) is 13.8. The molecule has 1 heterocycles. The Labute approximate surface area is 125 Å². The molecule has 5 nitrogen and oxygen atoms in total.